The summed E-state index contributed by atoms with van der Waals surface area (Å²) in [6.45, 7) is 5.22. The Hall–Kier alpha value is -2.05. The molecule has 2 heterocycles. The molecule has 1 amide bonds. The summed E-state index contributed by atoms with van der Waals surface area (Å²) in [6, 6.07) is 0. The predicted molar refractivity (Wildman–Crippen MR) is 80.5 cm³/mol. The molecule has 1 saturated heterocycles. The van der Waals surface area contributed by atoms with Crippen molar-refractivity contribution in [1.82, 2.24) is 14.5 Å². The monoisotopic (exact) mass is 309 g/mol. The Labute approximate surface area is 129 Å². The van der Waals surface area contributed by atoms with E-state index in [-0.39, 0.29) is 23.5 Å². The summed E-state index contributed by atoms with van der Waals surface area (Å²) in [6.07, 6.45) is 1.57. The first-order valence-electron chi connectivity index (χ1n) is 7.55. The van der Waals surface area contributed by atoms with Crippen LogP contribution in [-0.4, -0.2) is 46.5 Å². The maximum absolute atomic E-state index is 12.2. The van der Waals surface area contributed by atoms with Gasteiger partial charge >= 0.3 is 11.7 Å². The average Bonchev–Trinajstić information content (AvgIpc) is 2.77. The molecule has 122 valence electrons. The molecule has 7 nitrogen and oxygen atoms in total. The van der Waals surface area contributed by atoms with Crippen molar-refractivity contribution >= 4 is 11.9 Å². The lowest BCUT2D eigenvalue weighted by atomic mass is 9.97. The highest BCUT2D eigenvalue weighted by Gasteiger charge is 2.27. The number of methoxy groups -OCH3 is 1. The average molecular weight is 309 g/mol. The fourth-order valence-corrected chi connectivity index (χ4v) is 2.84. The van der Waals surface area contributed by atoms with Gasteiger partial charge in [-0.05, 0) is 26.7 Å². The van der Waals surface area contributed by atoms with Crippen LogP contribution in [0.4, 0.5) is 0 Å². The number of nitrogens with zero attached hydrogens (tertiary/aromatic N) is 2. The molecule has 0 bridgehead atoms. The molecule has 1 aliphatic rings. The summed E-state index contributed by atoms with van der Waals surface area (Å²) >= 11 is 0. The smallest absolute Gasteiger partial charge is 0.325 e. The zero-order valence-electron chi connectivity index (χ0n) is 13.3. The van der Waals surface area contributed by atoms with E-state index in [0.29, 0.717) is 38.9 Å². The number of aryl methyl sites for hydroxylation is 1. The fourth-order valence-electron chi connectivity index (χ4n) is 2.84. The minimum Gasteiger partial charge on any atom is -0.469 e. The van der Waals surface area contributed by atoms with Gasteiger partial charge in [0.15, 0.2) is 0 Å². The number of carbonyl (C=O) groups excluding carboxylic acids is 2. The van der Waals surface area contributed by atoms with Crippen LogP contribution in [0.15, 0.2) is 4.79 Å². The molecule has 0 spiro atoms. The Morgan fingerprint density at radius 2 is 1.91 bits per heavy atom. The Morgan fingerprint density at radius 3 is 2.41 bits per heavy atom. The van der Waals surface area contributed by atoms with Gasteiger partial charge in [0.05, 0.1) is 13.0 Å². The molecule has 7 heteroatoms. The normalized spacial score (nSPS) is 15.9. The van der Waals surface area contributed by atoms with Gasteiger partial charge in [-0.3, -0.25) is 14.2 Å². The number of carbonyl (C=O) groups is 2. The Bertz CT molecular complexity index is 609. The lowest BCUT2D eigenvalue weighted by Gasteiger charge is -2.30. The maximum Gasteiger partial charge on any atom is 0.325 e. The standard InChI is InChI=1S/C15H23N3O4/c1-10-11(2)18(15(21)16-10)9-6-13(19)17-7-4-12(5-8-17)14(20)22-3/h12H,4-9H2,1-3H3,(H,16,21). The molecule has 1 aromatic rings. The summed E-state index contributed by atoms with van der Waals surface area (Å²) in [5.41, 5.74) is 1.52. The van der Waals surface area contributed by atoms with Crippen LogP contribution in [0.25, 0.3) is 0 Å². The van der Waals surface area contributed by atoms with Gasteiger partial charge in [-0.25, -0.2) is 4.79 Å². The third kappa shape index (κ3) is 3.40. The van der Waals surface area contributed by atoms with E-state index in [0.717, 1.165) is 11.4 Å². The summed E-state index contributed by atoms with van der Waals surface area (Å²) in [4.78, 5) is 39.9. The molecule has 1 N–H and O–H groups in total. The SMILES string of the molecule is COC(=O)C1CCN(C(=O)CCn2c(C)c(C)[nH]c2=O)CC1. The van der Waals surface area contributed by atoms with Crippen LogP contribution < -0.4 is 5.69 Å². The fraction of sp³-hybridized carbons (Fsp3) is 0.667. The van der Waals surface area contributed by atoms with E-state index in [1.54, 1.807) is 9.47 Å². The first-order chi connectivity index (χ1) is 10.4. The Balaban J connectivity index is 1.86. The topological polar surface area (TPSA) is 84.4 Å². The van der Waals surface area contributed by atoms with E-state index < -0.39 is 0 Å². The quantitative estimate of drug-likeness (QED) is 0.825. The van der Waals surface area contributed by atoms with Crippen LogP contribution in [0.2, 0.25) is 0 Å². The van der Waals surface area contributed by atoms with Gasteiger partial charge in [0.1, 0.15) is 0 Å². The maximum atomic E-state index is 12.2. The summed E-state index contributed by atoms with van der Waals surface area (Å²) < 4.78 is 6.33. The van der Waals surface area contributed by atoms with Crippen molar-refractivity contribution in [3.63, 3.8) is 0 Å². The third-order valence-corrected chi connectivity index (χ3v) is 4.42. The highest BCUT2D eigenvalue weighted by atomic mass is 16.5. The van der Waals surface area contributed by atoms with Crippen molar-refractivity contribution in [2.75, 3.05) is 20.2 Å². The summed E-state index contributed by atoms with van der Waals surface area (Å²) in [5.74, 6) is -0.281. The van der Waals surface area contributed by atoms with E-state index in [9.17, 15) is 14.4 Å². The molecule has 1 aliphatic heterocycles. The third-order valence-electron chi connectivity index (χ3n) is 4.42. The van der Waals surface area contributed by atoms with Crippen LogP contribution in [0.1, 0.15) is 30.7 Å². The lowest BCUT2D eigenvalue weighted by Crippen LogP contribution is -2.41. The predicted octanol–water partition coefficient (Wildman–Crippen LogP) is 0.595. The lowest BCUT2D eigenvalue weighted by molar-refractivity contribution is -0.148. The second-order valence-electron chi connectivity index (χ2n) is 5.72. The number of piperidine rings is 1. The molecular formula is C15H23N3O4. The number of aromatic amines is 1. The number of hydrogen-bond donors (Lipinski definition) is 1. The Morgan fingerprint density at radius 1 is 1.27 bits per heavy atom. The number of hydrogen-bond acceptors (Lipinski definition) is 4. The first-order valence-corrected chi connectivity index (χ1v) is 7.55. The summed E-state index contributed by atoms with van der Waals surface area (Å²) in [5, 5.41) is 0. The number of amides is 1. The molecular weight excluding hydrogens is 286 g/mol. The molecule has 0 unspecified atom stereocenters. The minimum atomic E-state index is -0.197. The number of esters is 1. The van der Waals surface area contributed by atoms with E-state index in [2.05, 4.69) is 4.98 Å². The van der Waals surface area contributed by atoms with Crippen LogP contribution in [-0.2, 0) is 20.9 Å². The zero-order chi connectivity index (χ0) is 16.3. The van der Waals surface area contributed by atoms with Crippen molar-refractivity contribution in [1.29, 1.82) is 0 Å². The van der Waals surface area contributed by atoms with Crippen LogP contribution in [0.3, 0.4) is 0 Å². The van der Waals surface area contributed by atoms with E-state index in [4.69, 9.17) is 4.74 Å². The van der Waals surface area contributed by atoms with E-state index in [1.165, 1.54) is 7.11 Å². The second kappa shape index (κ2) is 6.81. The van der Waals surface area contributed by atoms with Gasteiger partial charge in [-0.2, -0.15) is 0 Å². The minimum absolute atomic E-state index is 0.0217. The molecule has 0 atom stereocenters. The zero-order valence-corrected chi connectivity index (χ0v) is 13.3. The largest absolute Gasteiger partial charge is 0.469 e. The highest BCUT2D eigenvalue weighted by Crippen LogP contribution is 2.19. The molecule has 2 rings (SSSR count). The van der Waals surface area contributed by atoms with Gasteiger partial charge in [0.2, 0.25) is 5.91 Å². The molecule has 0 saturated carbocycles. The number of imidazole rings is 1. The number of likely N-dealkylation sites (tertiary alicyclic amines) is 1. The van der Waals surface area contributed by atoms with Crippen LogP contribution in [0.5, 0.6) is 0 Å². The van der Waals surface area contributed by atoms with Gasteiger partial charge < -0.3 is 14.6 Å². The molecule has 0 radical (unpaired) electrons. The van der Waals surface area contributed by atoms with Gasteiger partial charge in [-0.1, -0.05) is 0 Å². The van der Waals surface area contributed by atoms with Crippen molar-refractivity contribution < 1.29 is 14.3 Å². The molecule has 0 aliphatic carbocycles. The van der Waals surface area contributed by atoms with Gasteiger partial charge in [-0.15, -0.1) is 0 Å². The van der Waals surface area contributed by atoms with Crippen molar-refractivity contribution in [3.05, 3.63) is 21.9 Å². The van der Waals surface area contributed by atoms with Crippen LogP contribution >= 0.6 is 0 Å². The molecule has 0 aromatic carbocycles. The van der Waals surface area contributed by atoms with Crippen LogP contribution in [0, 0.1) is 19.8 Å². The summed E-state index contributed by atoms with van der Waals surface area (Å²) in [7, 11) is 1.39. The Kier molecular flexibility index (Phi) is 5.05. The first kappa shape index (κ1) is 16.3. The molecule has 1 aromatic heterocycles. The molecule has 22 heavy (non-hydrogen) atoms. The molecule has 1 fully saturated rings. The van der Waals surface area contributed by atoms with Crippen molar-refractivity contribution in [2.45, 2.75) is 39.7 Å². The number of H-pyrrole nitrogens is 1. The highest BCUT2D eigenvalue weighted by molar-refractivity contribution is 5.77. The van der Waals surface area contributed by atoms with Gasteiger partial charge in [0.25, 0.3) is 0 Å². The number of aromatic nitrogens is 2. The number of rotatable bonds is 4. The number of ether oxygens (including phenoxy) is 1. The van der Waals surface area contributed by atoms with Gasteiger partial charge in [0, 0.05) is 37.4 Å². The second-order valence-corrected chi connectivity index (χ2v) is 5.72. The van der Waals surface area contributed by atoms with Crippen molar-refractivity contribution in [3.8, 4) is 0 Å². The van der Waals surface area contributed by atoms with Crippen molar-refractivity contribution in [2.24, 2.45) is 5.92 Å². The van der Waals surface area contributed by atoms with E-state index >= 15 is 0 Å². The van der Waals surface area contributed by atoms with E-state index in [1.807, 2.05) is 13.8 Å². The number of nitrogens with one attached hydrogen (secondary N) is 1.